The average Bonchev–Trinajstić information content (AvgIpc) is 2.55. The summed E-state index contributed by atoms with van der Waals surface area (Å²) in [6.45, 7) is 5.30. The summed E-state index contributed by atoms with van der Waals surface area (Å²) >= 11 is 0. The second kappa shape index (κ2) is 8.38. The Balaban J connectivity index is 1.79. The molecule has 2 rings (SSSR count). The molecule has 0 bridgehead atoms. The van der Waals surface area contributed by atoms with Gasteiger partial charge in [-0.3, -0.25) is 15.0 Å². The lowest BCUT2D eigenvalue weighted by molar-refractivity contribution is -0.121. The second-order valence-corrected chi connectivity index (χ2v) is 5.23. The Bertz CT molecular complexity index is 542. The lowest BCUT2D eigenvalue weighted by Gasteiger charge is -2.35. The number of nitrogens with one attached hydrogen (secondary N) is 1. The number of methoxy groups -OCH3 is 1. The highest BCUT2D eigenvalue weighted by Gasteiger charge is 2.20. The first-order valence-electron chi connectivity index (χ1n) is 7.70. The van der Waals surface area contributed by atoms with Crippen molar-refractivity contribution in [1.29, 1.82) is 0 Å². The number of nitrogens with zero attached hydrogens (tertiary/aromatic N) is 2. The predicted molar refractivity (Wildman–Crippen MR) is 86.8 cm³/mol. The van der Waals surface area contributed by atoms with Gasteiger partial charge >= 0.3 is 6.09 Å². The van der Waals surface area contributed by atoms with Gasteiger partial charge in [0, 0.05) is 37.9 Å². The molecule has 23 heavy (non-hydrogen) atoms. The van der Waals surface area contributed by atoms with E-state index in [1.54, 1.807) is 14.0 Å². The van der Waals surface area contributed by atoms with E-state index in [2.05, 4.69) is 15.0 Å². The Hall–Kier alpha value is -2.28. The normalized spacial score (nSPS) is 15.1. The average molecular weight is 321 g/mol. The summed E-state index contributed by atoms with van der Waals surface area (Å²) in [4.78, 5) is 27.2. The lowest BCUT2D eigenvalue weighted by Crippen LogP contribution is -2.50. The van der Waals surface area contributed by atoms with Gasteiger partial charge in [0.05, 0.1) is 20.3 Å². The molecule has 0 spiro atoms. The van der Waals surface area contributed by atoms with Crippen LogP contribution >= 0.6 is 0 Å². The molecule has 1 fully saturated rings. The number of carbonyl (C=O) groups is 2. The van der Waals surface area contributed by atoms with Gasteiger partial charge in [0.2, 0.25) is 5.91 Å². The summed E-state index contributed by atoms with van der Waals surface area (Å²) < 4.78 is 9.93. The number of imide groups is 1. The number of hydrogen-bond acceptors (Lipinski definition) is 6. The topological polar surface area (TPSA) is 71.1 Å². The van der Waals surface area contributed by atoms with Gasteiger partial charge in [-0.1, -0.05) is 6.07 Å². The van der Waals surface area contributed by atoms with Crippen molar-refractivity contribution >= 4 is 17.7 Å². The van der Waals surface area contributed by atoms with Gasteiger partial charge in [0.15, 0.2) is 0 Å². The largest absolute Gasteiger partial charge is 0.497 e. The minimum atomic E-state index is -0.687. The van der Waals surface area contributed by atoms with Crippen LogP contribution in [-0.4, -0.2) is 63.3 Å². The van der Waals surface area contributed by atoms with Crippen LogP contribution in [-0.2, 0) is 9.53 Å². The van der Waals surface area contributed by atoms with Crippen LogP contribution in [0.2, 0.25) is 0 Å². The molecule has 0 aromatic heterocycles. The number of amides is 2. The molecular formula is C16H23N3O4. The molecule has 1 aromatic carbocycles. The fraction of sp³-hybridized carbons (Fsp3) is 0.500. The van der Waals surface area contributed by atoms with Crippen LogP contribution in [0, 0.1) is 0 Å². The molecule has 126 valence electrons. The molecule has 2 amide bonds. The third kappa shape index (κ3) is 5.14. The van der Waals surface area contributed by atoms with Crippen molar-refractivity contribution in [3.8, 4) is 5.75 Å². The zero-order valence-electron chi connectivity index (χ0n) is 13.6. The summed E-state index contributed by atoms with van der Waals surface area (Å²) in [6.07, 6.45) is -0.687. The summed E-state index contributed by atoms with van der Waals surface area (Å²) in [7, 11) is 1.65. The van der Waals surface area contributed by atoms with E-state index in [4.69, 9.17) is 4.74 Å². The van der Waals surface area contributed by atoms with Crippen LogP contribution in [0.3, 0.4) is 0 Å². The molecule has 0 unspecified atom stereocenters. The quantitative estimate of drug-likeness (QED) is 0.875. The van der Waals surface area contributed by atoms with Gasteiger partial charge < -0.3 is 14.4 Å². The van der Waals surface area contributed by atoms with Crippen LogP contribution in [0.4, 0.5) is 10.5 Å². The molecule has 1 heterocycles. The summed E-state index contributed by atoms with van der Waals surface area (Å²) in [5.74, 6) is 0.497. The molecule has 0 saturated carbocycles. The van der Waals surface area contributed by atoms with Crippen molar-refractivity contribution in [2.75, 3.05) is 51.3 Å². The summed E-state index contributed by atoms with van der Waals surface area (Å²) in [6, 6.07) is 7.93. The SMILES string of the molecule is CCOC(=O)NC(=O)CN1CCN(c2cccc(OC)c2)CC1. The van der Waals surface area contributed by atoms with Gasteiger partial charge in [-0.2, -0.15) is 0 Å². The standard InChI is InChI=1S/C16H23N3O4/c1-3-23-16(21)17-15(20)12-18-7-9-19(10-8-18)13-5-4-6-14(11-13)22-2/h4-6,11H,3,7-10,12H2,1-2H3,(H,17,20,21). The number of benzene rings is 1. The molecule has 0 atom stereocenters. The number of ether oxygens (including phenoxy) is 2. The van der Waals surface area contributed by atoms with E-state index in [-0.39, 0.29) is 19.1 Å². The van der Waals surface area contributed by atoms with Crippen LogP contribution in [0.5, 0.6) is 5.75 Å². The highest BCUT2D eigenvalue weighted by molar-refractivity contribution is 5.92. The molecule has 0 aliphatic carbocycles. The van der Waals surface area contributed by atoms with E-state index >= 15 is 0 Å². The van der Waals surface area contributed by atoms with Gasteiger partial charge in [0.1, 0.15) is 5.75 Å². The maximum atomic E-state index is 11.7. The molecule has 1 aliphatic rings. The minimum Gasteiger partial charge on any atom is -0.497 e. The Morgan fingerprint density at radius 3 is 2.61 bits per heavy atom. The molecule has 1 N–H and O–H groups in total. The van der Waals surface area contributed by atoms with E-state index in [0.717, 1.165) is 37.6 Å². The lowest BCUT2D eigenvalue weighted by atomic mass is 10.2. The molecular weight excluding hydrogens is 298 g/mol. The van der Waals surface area contributed by atoms with E-state index in [1.807, 2.05) is 29.2 Å². The fourth-order valence-electron chi connectivity index (χ4n) is 2.49. The summed E-state index contributed by atoms with van der Waals surface area (Å²) in [5, 5.41) is 2.21. The second-order valence-electron chi connectivity index (χ2n) is 5.23. The number of rotatable bonds is 5. The smallest absolute Gasteiger partial charge is 0.413 e. The molecule has 7 heteroatoms. The van der Waals surface area contributed by atoms with Gasteiger partial charge in [-0.25, -0.2) is 4.79 Å². The Kier molecular flexibility index (Phi) is 6.22. The molecule has 1 aliphatic heterocycles. The number of anilines is 1. The highest BCUT2D eigenvalue weighted by atomic mass is 16.5. The number of hydrogen-bond donors (Lipinski definition) is 1. The first-order valence-corrected chi connectivity index (χ1v) is 7.70. The number of piperazine rings is 1. The third-order valence-electron chi connectivity index (χ3n) is 3.67. The first-order chi connectivity index (χ1) is 11.1. The van der Waals surface area contributed by atoms with E-state index < -0.39 is 6.09 Å². The van der Waals surface area contributed by atoms with Crippen LogP contribution in [0.15, 0.2) is 24.3 Å². The van der Waals surface area contributed by atoms with Crippen LogP contribution < -0.4 is 15.0 Å². The van der Waals surface area contributed by atoms with Crippen molar-refractivity contribution in [2.45, 2.75) is 6.92 Å². The van der Waals surface area contributed by atoms with Gasteiger partial charge in [-0.05, 0) is 19.1 Å². The fourth-order valence-corrected chi connectivity index (χ4v) is 2.49. The van der Waals surface area contributed by atoms with Gasteiger partial charge in [0.25, 0.3) is 0 Å². The Morgan fingerprint density at radius 1 is 1.22 bits per heavy atom. The number of alkyl carbamates (subject to hydrolysis) is 1. The van der Waals surface area contributed by atoms with E-state index in [1.165, 1.54) is 0 Å². The van der Waals surface area contributed by atoms with E-state index in [0.29, 0.717) is 0 Å². The highest BCUT2D eigenvalue weighted by Crippen LogP contribution is 2.21. The third-order valence-corrected chi connectivity index (χ3v) is 3.67. The summed E-state index contributed by atoms with van der Waals surface area (Å²) in [5.41, 5.74) is 1.11. The van der Waals surface area contributed by atoms with Crippen molar-refractivity contribution in [3.63, 3.8) is 0 Å². The molecule has 1 aromatic rings. The maximum absolute atomic E-state index is 11.7. The van der Waals surface area contributed by atoms with Crippen molar-refractivity contribution in [3.05, 3.63) is 24.3 Å². The van der Waals surface area contributed by atoms with Crippen molar-refractivity contribution < 1.29 is 19.1 Å². The maximum Gasteiger partial charge on any atom is 0.413 e. The van der Waals surface area contributed by atoms with Crippen molar-refractivity contribution in [2.24, 2.45) is 0 Å². The van der Waals surface area contributed by atoms with Crippen molar-refractivity contribution in [1.82, 2.24) is 10.2 Å². The number of carbonyl (C=O) groups excluding carboxylic acids is 2. The predicted octanol–water partition coefficient (Wildman–Crippen LogP) is 1.09. The monoisotopic (exact) mass is 321 g/mol. The van der Waals surface area contributed by atoms with Gasteiger partial charge in [-0.15, -0.1) is 0 Å². The Labute approximate surface area is 136 Å². The minimum absolute atomic E-state index is 0.199. The van der Waals surface area contributed by atoms with Crippen LogP contribution in [0.25, 0.3) is 0 Å². The molecule has 1 saturated heterocycles. The molecule has 7 nitrogen and oxygen atoms in total. The van der Waals surface area contributed by atoms with Crippen LogP contribution in [0.1, 0.15) is 6.92 Å². The molecule has 0 radical (unpaired) electrons. The first kappa shape index (κ1) is 17.1. The zero-order chi connectivity index (χ0) is 16.7. The van der Waals surface area contributed by atoms with E-state index in [9.17, 15) is 9.59 Å². The zero-order valence-corrected chi connectivity index (χ0v) is 13.6. The Morgan fingerprint density at radius 2 is 1.96 bits per heavy atom.